The SMILES string of the molecule is Cc1cc(F)cc(NCc2ccc(N(C)C)cc2)c1. The van der Waals surface area contributed by atoms with Crippen molar-refractivity contribution in [2.75, 3.05) is 24.3 Å². The molecular weight excluding hydrogens is 239 g/mol. The van der Waals surface area contributed by atoms with Crippen molar-refractivity contribution >= 4 is 11.4 Å². The van der Waals surface area contributed by atoms with Crippen LogP contribution in [-0.4, -0.2) is 14.1 Å². The van der Waals surface area contributed by atoms with Gasteiger partial charge in [-0.15, -0.1) is 0 Å². The Morgan fingerprint density at radius 3 is 2.32 bits per heavy atom. The number of anilines is 2. The van der Waals surface area contributed by atoms with Gasteiger partial charge >= 0.3 is 0 Å². The van der Waals surface area contributed by atoms with Gasteiger partial charge in [0, 0.05) is 32.0 Å². The molecular formula is C16H19FN2. The Morgan fingerprint density at radius 1 is 1.05 bits per heavy atom. The number of benzene rings is 2. The molecule has 0 saturated heterocycles. The van der Waals surface area contributed by atoms with Crippen LogP contribution in [0.25, 0.3) is 0 Å². The molecule has 0 amide bonds. The molecule has 0 atom stereocenters. The Kier molecular flexibility index (Phi) is 4.05. The van der Waals surface area contributed by atoms with Crippen LogP contribution in [-0.2, 0) is 6.54 Å². The Bertz CT molecular complexity index is 527. The van der Waals surface area contributed by atoms with Crippen LogP contribution < -0.4 is 10.2 Å². The first-order chi connectivity index (χ1) is 9.04. The van der Waals surface area contributed by atoms with Crippen LogP contribution in [0.4, 0.5) is 15.8 Å². The van der Waals surface area contributed by atoms with Gasteiger partial charge in [0.1, 0.15) is 5.82 Å². The fourth-order valence-electron chi connectivity index (χ4n) is 1.95. The van der Waals surface area contributed by atoms with Gasteiger partial charge in [0.25, 0.3) is 0 Å². The summed E-state index contributed by atoms with van der Waals surface area (Å²) >= 11 is 0. The van der Waals surface area contributed by atoms with Crippen LogP contribution in [0.3, 0.4) is 0 Å². The Balaban J connectivity index is 2.02. The van der Waals surface area contributed by atoms with E-state index >= 15 is 0 Å². The molecule has 1 N–H and O–H groups in total. The summed E-state index contributed by atoms with van der Waals surface area (Å²) in [6.07, 6.45) is 0. The minimum absolute atomic E-state index is 0.203. The second kappa shape index (κ2) is 5.74. The zero-order chi connectivity index (χ0) is 13.8. The van der Waals surface area contributed by atoms with Crippen molar-refractivity contribution in [1.82, 2.24) is 0 Å². The largest absolute Gasteiger partial charge is 0.381 e. The molecule has 0 aliphatic rings. The molecule has 2 nitrogen and oxygen atoms in total. The summed E-state index contributed by atoms with van der Waals surface area (Å²) in [5.74, 6) is -0.203. The lowest BCUT2D eigenvalue weighted by atomic mass is 10.1. The summed E-state index contributed by atoms with van der Waals surface area (Å²) in [5, 5.41) is 3.24. The minimum Gasteiger partial charge on any atom is -0.381 e. The van der Waals surface area contributed by atoms with Gasteiger partial charge in [-0.1, -0.05) is 12.1 Å². The molecule has 19 heavy (non-hydrogen) atoms. The Morgan fingerprint density at radius 2 is 1.74 bits per heavy atom. The quantitative estimate of drug-likeness (QED) is 0.897. The standard InChI is InChI=1S/C16H19FN2/c1-12-8-14(17)10-15(9-12)18-11-13-4-6-16(7-5-13)19(2)3/h4-10,18H,11H2,1-3H3. The third-order valence-corrected chi connectivity index (χ3v) is 2.99. The predicted octanol–water partition coefficient (Wildman–Crippen LogP) is 3.81. The van der Waals surface area contributed by atoms with Gasteiger partial charge in [-0.25, -0.2) is 4.39 Å². The lowest BCUT2D eigenvalue weighted by Gasteiger charge is -2.13. The predicted molar refractivity (Wildman–Crippen MR) is 79.2 cm³/mol. The highest BCUT2D eigenvalue weighted by molar-refractivity contribution is 5.49. The molecule has 0 fully saturated rings. The molecule has 0 spiro atoms. The van der Waals surface area contributed by atoms with Gasteiger partial charge in [0.15, 0.2) is 0 Å². The first-order valence-electron chi connectivity index (χ1n) is 6.32. The zero-order valence-corrected chi connectivity index (χ0v) is 11.6. The summed E-state index contributed by atoms with van der Waals surface area (Å²) < 4.78 is 13.3. The number of aryl methyl sites for hydroxylation is 1. The lowest BCUT2D eigenvalue weighted by Crippen LogP contribution is -2.08. The first-order valence-corrected chi connectivity index (χ1v) is 6.32. The van der Waals surface area contributed by atoms with Crippen LogP contribution in [0.5, 0.6) is 0 Å². The number of hydrogen-bond acceptors (Lipinski definition) is 2. The van der Waals surface area contributed by atoms with Crippen molar-refractivity contribution in [2.24, 2.45) is 0 Å². The van der Waals surface area contributed by atoms with E-state index in [-0.39, 0.29) is 5.82 Å². The number of nitrogens with one attached hydrogen (secondary N) is 1. The highest BCUT2D eigenvalue weighted by Gasteiger charge is 1.99. The van der Waals surface area contributed by atoms with E-state index in [4.69, 9.17) is 0 Å². The van der Waals surface area contributed by atoms with Crippen LogP contribution in [0, 0.1) is 12.7 Å². The van der Waals surface area contributed by atoms with E-state index in [1.807, 2.05) is 27.1 Å². The van der Waals surface area contributed by atoms with E-state index in [9.17, 15) is 4.39 Å². The molecule has 0 aliphatic heterocycles. The summed E-state index contributed by atoms with van der Waals surface area (Å²) in [6, 6.07) is 13.3. The van der Waals surface area contributed by atoms with Crippen molar-refractivity contribution in [3.05, 3.63) is 59.4 Å². The van der Waals surface area contributed by atoms with Crippen molar-refractivity contribution in [1.29, 1.82) is 0 Å². The molecule has 2 aromatic carbocycles. The third kappa shape index (κ3) is 3.71. The molecule has 100 valence electrons. The third-order valence-electron chi connectivity index (χ3n) is 2.99. The smallest absolute Gasteiger partial charge is 0.125 e. The summed E-state index contributed by atoms with van der Waals surface area (Å²) in [6.45, 7) is 2.58. The topological polar surface area (TPSA) is 15.3 Å². The minimum atomic E-state index is -0.203. The van der Waals surface area contributed by atoms with Crippen molar-refractivity contribution < 1.29 is 4.39 Å². The average Bonchev–Trinajstić information content (AvgIpc) is 2.36. The Hall–Kier alpha value is -2.03. The highest BCUT2D eigenvalue weighted by Crippen LogP contribution is 2.16. The van der Waals surface area contributed by atoms with Crippen molar-refractivity contribution in [2.45, 2.75) is 13.5 Å². The molecule has 3 heteroatoms. The van der Waals surface area contributed by atoms with Crippen LogP contribution >= 0.6 is 0 Å². The summed E-state index contributed by atoms with van der Waals surface area (Å²) in [4.78, 5) is 2.06. The zero-order valence-electron chi connectivity index (χ0n) is 11.6. The van der Waals surface area contributed by atoms with E-state index in [0.29, 0.717) is 6.54 Å². The molecule has 0 saturated carbocycles. The number of halogens is 1. The normalized spacial score (nSPS) is 10.3. The maximum atomic E-state index is 13.3. The van der Waals surface area contributed by atoms with Crippen LogP contribution in [0.15, 0.2) is 42.5 Å². The number of hydrogen-bond donors (Lipinski definition) is 1. The van der Waals surface area contributed by atoms with E-state index in [1.165, 1.54) is 23.4 Å². The number of rotatable bonds is 4. The maximum Gasteiger partial charge on any atom is 0.125 e. The van der Waals surface area contributed by atoms with Crippen molar-refractivity contribution in [3.63, 3.8) is 0 Å². The fraction of sp³-hybridized carbons (Fsp3) is 0.250. The lowest BCUT2D eigenvalue weighted by molar-refractivity contribution is 0.627. The maximum absolute atomic E-state index is 13.3. The van der Waals surface area contributed by atoms with Crippen LogP contribution in [0.1, 0.15) is 11.1 Å². The summed E-state index contributed by atoms with van der Waals surface area (Å²) in [7, 11) is 4.03. The van der Waals surface area contributed by atoms with Gasteiger partial charge in [-0.2, -0.15) is 0 Å². The van der Waals surface area contributed by atoms with Gasteiger partial charge in [-0.3, -0.25) is 0 Å². The van der Waals surface area contributed by atoms with Crippen molar-refractivity contribution in [3.8, 4) is 0 Å². The molecule has 0 aliphatic carbocycles. The van der Waals surface area contributed by atoms with E-state index in [1.54, 1.807) is 0 Å². The first kappa shape index (κ1) is 13.4. The van der Waals surface area contributed by atoms with Gasteiger partial charge in [-0.05, 0) is 48.4 Å². The van der Waals surface area contributed by atoms with Gasteiger partial charge in [0.2, 0.25) is 0 Å². The van der Waals surface area contributed by atoms with E-state index in [0.717, 1.165) is 11.3 Å². The second-order valence-corrected chi connectivity index (χ2v) is 4.93. The molecule has 0 aromatic heterocycles. The fourth-order valence-corrected chi connectivity index (χ4v) is 1.95. The van der Waals surface area contributed by atoms with E-state index < -0.39 is 0 Å². The molecule has 2 rings (SSSR count). The molecule has 0 heterocycles. The van der Waals surface area contributed by atoms with Gasteiger partial charge in [0.05, 0.1) is 0 Å². The number of nitrogens with zero attached hydrogens (tertiary/aromatic N) is 1. The van der Waals surface area contributed by atoms with E-state index in [2.05, 4.69) is 34.5 Å². The monoisotopic (exact) mass is 258 g/mol. The van der Waals surface area contributed by atoms with Gasteiger partial charge < -0.3 is 10.2 Å². The molecule has 0 bridgehead atoms. The summed E-state index contributed by atoms with van der Waals surface area (Å²) in [5.41, 5.74) is 4.08. The molecule has 2 aromatic rings. The average molecular weight is 258 g/mol. The Labute approximate surface area is 113 Å². The molecule has 0 unspecified atom stereocenters. The van der Waals surface area contributed by atoms with Crippen LogP contribution in [0.2, 0.25) is 0 Å². The highest BCUT2D eigenvalue weighted by atomic mass is 19.1. The molecule has 0 radical (unpaired) electrons. The second-order valence-electron chi connectivity index (χ2n) is 4.93.